The SMILES string of the molecule is CCN1CC(C(=O)N(C)c2ccccc2C(=O)O)CC1=O. The molecular formula is C15H18N2O4. The van der Waals surface area contributed by atoms with E-state index in [0.29, 0.717) is 18.8 Å². The number of carbonyl (C=O) groups excluding carboxylic acids is 2. The third-order valence-electron chi connectivity index (χ3n) is 3.77. The Hall–Kier alpha value is -2.37. The summed E-state index contributed by atoms with van der Waals surface area (Å²) < 4.78 is 0. The molecule has 1 N–H and O–H groups in total. The Kier molecular flexibility index (Phi) is 4.26. The lowest BCUT2D eigenvalue weighted by Crippen LogP contribution is -2.35. The third-order valence-corrected chi connectivity index (χ3v) is 3.77. The first-order valence-electron chi connectivity index (χ1n) is 6.83. The third kappa shape index (κ3) is 2.89. The van der Waals surface area contributed by atoms with E-state index in [2.05, 4.69) is 0 Å². The number of hydrogen-bond acceptors (Lipinski definition) is 3. The van der Waals surface area contributed by atoms with E-state index in [9.17, 15) is 19.5 Å². The topological polar surface area (TPSA) is 77.9 Å². The van der Waals surface area contributed by atoms with E-state index in [1.807, 2.05) is 6.92 Å². The van der Waals surface area contributed by atoms with Crippen LogP contribution in [-0.4, -0.2) is 47.9 Å². The molecule has 2 amide bonds. The second-order valence-corrected chi connectivity index (χ2v) is 5.05. The standard InChI is InChI=1S/C15H18N2O4/c1-3-17-9-10(8-13(17)18)14(19)16(2)12-7-5-4-6-11(12)15(20)21/h4-7,10H,3,8-9H2,1-2H3,(H,20,21). The summed E-state index contributed by atoms with van der Waals surface area (Å²) in [6, 6.07) is 6.35. The maximum Gasteiger partial charge on any atom is 0.337 e. The van der Waals surface area contributed by atoms with Crippen LogP contribution in [0.1, 0.15) is 23.7 Å². The maximum atomic E-state index is 12.5. The predicted molar refractivity (Wildman–Crippen MR) is 77.2 cm³/mol. The highest BCUT2D eigenvalue weighted by Crippen LogP contribution is 2.25. The number of carbonyl (C=O) groups is 3. The molecule has 1 atom stereocenters. The number of anilines is 1. The van der Waals surface area contributed by atoms with Crippen LogP contribution in [0, 0.1) is 5.92 Å². The molecule has 0 spiro atoms. The van der Waals surface area contributed by atoms with Crippen molar-refractivity contribution >= 4 is 23.5 Å². The first-order valence-corrected chi connectivity index (χ1v) is 6.83. The zero-order valence-electron chi connectivity index (χ0n) is 12.1. The van der Waals surface area contributed by atoms with E-state index in [0.717, 1.165) is 0 Å². The molecule has 21 heavy (non-hydrogen) atoms. The molecule has 112 valence electrons. The number of likely N-dealkylation sites (tertiary alicyclic amines) is 1. The quantitative estimate of drug-likeness (QED) is 0.904. The maximum absolute atomic E-state index is 12.5. The molecule has 6 heteroatoms. The van der Waals surface area contributed by atoms with Gasteiger partial charge in [-0.2, -0.15) is 0 Å². The lowest BCUT2D eigenvalue weighted by molar-refractivity contribution is -0.128. The number of aromatic carboxylic acids is 1. The molecule has 0 bridgehead atoms. The first-order chi connectivity index (χ1) is 9.95. The van der Waals surface area contributed by atoms with Gasteiger partial charge >= 0.3 is 5.97 Å². The molecule has 1 aliphatic heterocycles. The molecule has 1 aromatic carbocycles. The van der Waals surface area contributed by atoms with E-state index in [-0.39, 0.29) is 23.8 Å². The normalized spacial score (nSPS) is 17.9. The molecule has 0 aromatic heterocycles. The van der Waals surface area contributed by atoms with Crippen LogP contribution < -0.4 is 4.90 Å². The van der Waals surface area contributed by atoms with Gasteiger partial charge in [0.25, 0.3) is 0 Å². The highest BCUT2D eigenvalue weighted by molar-refractivity contribution is 6.03. The Morgan fingerprint density at radius 3 is 2.62 bits per heavy atom. The molecule has 2 rings (SSSR count). The van der Waals surface area contributed by atoms with Crippen LogP contribution >= 0.6 is 0 Å². The summed E-state index contributed by atoms with van der Waals surface area (Å²) in [5.41, 5.74) is 0.419. The van der Waals surface area contributed by atoms with Gasteiger partial charge in [0, 0.05) is 26.6 Å². The Balaban J connectivity index is 2.21. The summed E-state index contributed by atoms with van der Waals surface area (Å²) in [6.07, 6.45) is 0.187. The van der Waals surface area contributed by atoms with Crippen LogP contribution in [0.4, 0.5) is 5.69 Å². The van der Waals surface area contributed by atoms with E-state index < -0.39 is 11.9 Å². The van der Waals surface area contributed by atoms with Crippen molar-refractivity contribution in [3.8, 4) is 0 Å². The fourth-order valence-electron chi connectivity index (χ4n) is 2.58. The molecule has 0 saturated carbocycles. The van der Waals surface area contributed by atoms with Gasteiger partial charge in [0.05, 0.1) is 17.2 Å². The molecule has 6 nitrogen and oxygen atoms in total. The van der Waals surface area contributed by atoms with Gasteiger partial charge in [-0.25, -0.2) is 4.79 Å². The largest absolute Gasteiger partial charge is 0.478 e. The van der Waals surface area contributed by atoms with E-state index in [4.69, 9.17) is 0 Å². The van der Waals surface area contributed by atoms with Gasteiger partial charge in [-0.1, -0.05) is 12.1 Å². The van der Waals surface area contributed by atoms with Crippen molar-refractivity contribution in [3.63, 3.8) is 0 Å². The van der Waals surface area contributed by atoms with Crippen molar-refractivity contribution in [2.45, 2.75) is 13.3 Å². The molecule has 0 radical (unpaired) electrons. The fraction of sp³-hybridized carbons (Fsp3) is 0.400. The van der Waals surface area contributed by atoms with Crippen molar-refractivity contribution in [2.24, 2.45) is 5.92 Å². The number of para-hydroxylation sites is 1. The van der Waals surface area contributed by atoms with Crippen molar-refractivity contribution in [3.05, 3.63) is 29.8 Å². The van der Waals surface area contributed by atoms with Crippen molar-refractivity contribution < 1.29 is 19.5 Å². The average molecular weight is 290 g/mol. The Bertz CT molecular complexity index is 585. The van der Waals surface area contributed by atoms with Gasteiger partial charge in [-0.15, -0.1) is 0 Å². The minimum atomic E-state index is -1.08. The number of nitrogens with zero attached hydrogens (tertiary/aromatic N) is 2. The Morgan fingerprint density at radius 1 is 1.38 bits per heavy atom. The van der Waals surface area contributed by atoms with Crippen LogP contribution in [0.15, 0.2) is 24.3 Å². The predicted octanol–water partition coefficient (Wildman–Crippen LogP) is 1.22. The zero-order valence-corrected chi connectivity index (χ0v) is 12.1. The Morgan fingerprint density at radius 2 is 2.05 bits per heavy atom. The van der Waals surface area contributed by atoms with Crippen LogP contribution in [0.5, 0.6) is 0 Å². The number of hydrogen-bond donors (Lipinski definition) is 1. The number of rotatable bonds is 4. The number of benzene rings is 1. The van der Waals surface area contributed by atoms with E-state index in [1.54, 1.807) is 30.1 Å². The minimum absolute atomic E-state index is 0.0317. The molecule has 1 fully saturated rings. The van der Waals surface area contributed by atoms with Gasteiger partial charge in [-0.05, 0) is 19.1 Å². The van der Waals surface area contributed by atoms with E-state index in [1.165, 1.54) is 11.0 Å². The van der Waals surface area contributed by atoms with E-state index >= 15 is 0 Å². The van der Waals surface area contributed by atoms with Crippen LogP contribution in [0.3, 0.4) is 0 Å². The summed E-state index contributed by atoms with van der Waals surface area (Å²) in [5.74, 6) is -1.75. The van der Waals surface area contributed by atoms with Crippen LogP contribution in [0.2, 0.25) is 0 Å². The second-order valence-electron chi connectivity index (χ2n) is 5.05. The molecule has 1 aliphatic rings. The van der Waals surface area contributed by atoms with Crippen molar-refractivity contribution in [2.75, 3.05) is 25.0 Å². The summed E-state index contributed by atoms with van der Waals surface area (Å²) in [6.45, 7) is 2.85. The van der Waals surface area contributed by atoms with Crippen LogP contribution in [0.25, 0.3) is 0 Å². The summed E-state index contributed by atoms with van der Waals surface area (Å²) in [4.78, 5) is 38.4. The highest BCUT2D eigenvalue weighted by Gasteiger charge is 2.35. The highest BCUT2D eigenvalue weighted by atomic mass is 16.4. The van der Waals surface area contributed by atoms with Crippen molar-refractivity contribution in [1.82, 2.24) is 4.90 Å². The van der Waals surface area contributed by atoms with Crippen molar-refractivity contribution in [1.29, 1.82) is 0 Å². The van der Waals surface area contributed by atoms with Gasteiger partial charge in [0.2, 0.25) is 11.8 Å². The lowest BCUT2D eigenvalue weighted by atomic mass is 10.1. The monoisotopic (exact) mass is 290 g/mol. The molecule has 1 aromatic rings. The summed E-state index contributed by atoms with van der Waals surface area (Å²) >= 11 is 0. The zero-order chi connectivity index (χ0) is 15.6. The summed E-state index contributed by atoms with van der Waals surface area (Å²) in [5, 5.41) is 9.18. The molecule has 1 heterocycles. The number of carboxylic acids is 1. The van der Waals surface area contributed by atoms with Gasteiger partial charge in [0.15, 0.2) is 0 Å². The summed E-state index contributed by atoms with van der Waals surface area (Å²) in [7, 11) is 1.54. The molecule has 0 aliphatic carbocycles. The Labute approximate surface area is 123 Å². The minimum Gasteiger partial charge on any atom is -0.478 e. The molecular weight excluding hydrogens is 272 g/mol. The lowest BCUT2D eigenvalue weighted by Gasteiger charge is -2.22. The van der Waals surface area contributed by atoms with Gasteiger partial charge < -0.3 is 14.9 Å². The average Bonchev–Trinajstić information content (AvgIpc) is 2.86. The van der Waals surface area contributed by atoms with Crippen LogP contribution in [-0.2, 0) is 9.59 Å². The van der Waals surface area contributed by atoms with Gasteiger partial charge in [-0.3, -0.25) is 9.59 Å². The molecule has 1 unspecified atom stereocenters. The van der Waals surface area contributed by atoms with Gasteiger partial charge in [0.1, 0.15) is 0 Å². The second kappa shape index (κ2) is 5.95. The fourth-order valence-corrected chi connectivity index (χ4v) is 2.58. The number of amides is 2. The molecule has 1 saturated heterocycles. The number of carboxylic acid groups (broad SMARTS) is 1. The smallest absolute Gasteiger partial charge is 0.337 e. The first kappa shape index (κ1) is 15.0.